The Morgan fingerprint density at radius 2 is 1.85 bits per heavy atom. The predicted octanol–water partition coefficient (Wildman–Crippen LogP) is -0.496. The van der Waals surface area contributed by atoms with Crippen LogP contribution >= 0.6 is 7.82 Å². The van der Waals surface area contributed by atoms with Crippen LogP contribution in [-0.4, -0.2) is 88.4 Å². The van der Waals surface area contributed by atoms with Crippen molar-refractivity contribution in [1.29, 1.82) is 5.26 Å². The number of carbonyl (C=O) groups is 2. The summed E-state index contributed by atoms with van der Waals surface area (Å²) in [6.45, 7) is 2.12. The summed E-state index contributed by atoms with van der Waals surface area (Å²) in [4.78, 5) is 24.5. The molecule has 1 unspecified atom stereocenters. The summed E-state index contributed by atoms with van der Waals surface area (Å²) in [5.41, 5.74) is 0. The van der Waals surface area contributed by atoms with Crippen molar-refractivity contribution in [3.8, 4) is 6.07 Å². The van der Waals surface area contributed by atoms with Crippen molar-refractivity contribution in [3.63, 3.8) is 0 Å². The molecule has 2 aliphatic heterocycles. The van der Waals surface area contributed by atoms with Gasteiger partial charge in [-0.05, 0) is 12.8 Å². The molecule has 0 aliphatic carbocycles. The quantitative estimate of drug-likeness (QED) is 0.0674. The summed E-state index contributed by atoms with van der Waals surface area (Å²) in [6, 6.07) is 1.59. The minimum Gasteiger partial charge on any atom is -0.461 e. The van der Waals surface area contributed by atoms with Crippen molar-refractivity contribution in [3.05, 3.63) is 18.7 Å². The second kappa shape index (κ2) is 15.0. The molecule has 1 aromatic rings. The van der Waals surface area contributed by atoms with E-state index in [1.165, 1.54) is 0 Å². The van der Waals surface area contributed by atoms with Crippen LogP contribution in [0.25, 0.3) is 0 Å². The number of nitriles is 1. The molecule has 16 heteroatoms. The lowest BCUT2D eigenvalue weighted by Crippen LogP contribution is -2.34. The van der Waals surface area contributed by atoms with E-state index < -0.39 is 44.5 Å². The van der Waals surface area contributed by atoms with Crippen LogP contribution in [0.3, 0.4) is 0 Å². The second-order valence-electron chi connectivity index (χ2n) is 9.72. The summed E-state index contributed by atoms with van der Waals surface area (Å²) in [5, 5.41) is 8.85. The maximum atomic E-state index is 13.5. The first-order valence-corrected chi connectivity index (χ1v) is 14.7. The van der Waals surface area contributed by atoms with Crippen LogP contribution in [0.15, 0.2) is 18.7 Å². The zero-order valence-electron chi connectivity index (χ0n) is 22.9. The monoisotopic (exact) mass is 568 g/mol. The van der Waals surface area contributed by atoms with Gasteiger partial charge in [0.05, 0.1) is 45.0 Å². The second-order valence-corrected chi connectivity index (χ2v) is 11.3. The van der Waals surface area contributed by atoms with Gasteiger partial charge in [0.25, 0.3) is 0 Å². The predicted molar refractivity (Wildman–Crippen MR) is 140 cm³/mol. The molecule has 0 N–H and O–H groups in total. The van der Waals surface area contributed by atoms with Gasteiger partial charge in [0.15, 0.2) is 0 Å². The van der Waals surface area contributed by atoms with Gasteiger partial charge in [-0.1, -0.05) is 6.92 Å². The Kier molecular flexibility index (Phi) is 12.0. The highest BCUT2D eigenvalue weighted by Gasteiger charge is 2.42. The highest BCUT2D eigenvalue weighted by molar-refractivity contribution is 7.48. The average molecular weight is 568 g/mol. The van der Waals surface area contributed by atoms with Gasteiger partial charge in [-0.15, -0.1) is 0 Å². The molecular weight excluding hydrogens is 531 g/mol. The third-order valence-electron chi connectivity index (χ3n) is 6.31. The largest absolute Gasteiger partial charge is 0.475 e. The first kappa shape index (κ1) is 31.3. The van der Waals surface area contributed by atoms with E-state index in [9.17, 15) is 14.2 Å². The van der Waals surface area contributed by atoms with Crippen molar-refractivity contribution in [1.82, 2.24) is 4.57 Å². The first-order valence-electron chi connectivity index (χ1n) is 13.2. The van der Waals surface area contributed by atoms with Crippen LogP contribution in [-0.2, 0) is 60.3 Å². The molecular formula is C23H37B2N3O10P+. The Hall–Kier alpha value is -2.20. The molecule has 2 aliphatic rings. The average Bonchev–Trinajstić information content (AvgIpc) is 3.55. The number of ether oxygens (including phenoxy) is 4. The molecule has 0 amide bonds. The summed E-state index contributed by atoms with van der Waals surface area (Å²) in [5.74, 6) is -1.45. The van der Waals surface area contributed by atoms with Crippen LogP contribution < -0.4 is 4.57 Å². The molecule has 39 heavy (non-hydrogen) atoms. The van der Waals surface area contributed by atoms with Gasteiger partial charge >= 0.3 is 19.8 Å². The molecule has 0 radical (unpaired) electrons. The SMILES string of the molecule is B[C@H]1C[C@@H](OC(=O)CC(=O)OCC[n+]2ccn(C)c2)[C@@H](COP(=O)(OCCC#N)O[C@@H]2C[C@H](B)O[C@@H]2CC)O1. The maximum Gasteiger partial charge on any atom is 0.475 e. The number of hydrogen-bond acceptors (Lipinski definition) is 11. The number of hydrogen-bond donors (Lipinski definition) is 0. The lowest BCUT2D eigenvalue weighted by atomic mass is 9.96. The van der Waals surface area contributed by atoms with E-state index in [-0.39, 0.29) is 44.4 Å². The summed E-state index contributed by atoms with van der Waals surface area (Å²) in [7, 11) is 1.49. The zero-order valence-corrected chi connectivity index (χ0v) is 23.8. The fourth-order valence-electron chi connectivity index (χ4n) is 4.49. The summed E-state index contributed by atoms with van der Waals surface area (Å²) < 4.78 is 56.2. The van der Waals surface area contributed by atoms with Gasteiger partial charge in [0.1, 0.15) is 59.9 Å². The molecule has 0 saturated carbocycles. The van der Waals surface area contributed by atoms with E-state index in [1.807, 2.05) is 55.7 Å². The molecule has 0 aromatic carbocycles. The zero-order chi connectivity index (χ0) is 28.4. The van der Waals surface area contributed by atoms with Crippen LogP contribution in [0.5, 0.6) is 0 Å². The number of nitrogens with zero attached hydrogens (tertiary/aromatic N) is 3. The third-order valence-corrected chi connectivity index (χ3v) is 7.80. The lowest BCUT2D eigenvalue weighted by Gasteiger charge is -2.26. The number of carbonyl (C=O) groups excluding carboxylic acids is 2. The molecule has 13 nitrogen and oxygen atoms in total. The Morgan fingerprint density at radius 3 is 2.51 bits per heavy atom. The lowest BCUT2D eigenvalue weighted by molar-refractivity contribution is -0.697. The number of esters is 2. The number of phosphoric acid groups is 1. The normalized spacial score (nSPS) is 28.0. The third kappa shape index (κ3) is 10.0. The van der Waals surface area contributed by atoms with Gasteiger partial charge in [0, 0.05) is 18.4 Å². The van der Waals surface area contributed by atoms with Gasteiger partial charge in [-0.25, -0.2) is 13.7 Å². The van der Waals surface area contributed by atoms with E-state index in [0.717, 1.165) is 0 Å². The smallest absolute Gasteiger partial charge is 0.461 e. The molecule has 214 valence electrons. The molecule has 2 saturated heterocycles. The molecule has 7 atom stereocenters. The van der Waals surface area contributed by atoms with Crippen LogP contribution in [0.2, 0.25) is 0 Å². The molecule has 2 fully saturated rings. The number of phosphoric ester groups is 1. The minimum atomic E-state index is -4.10. The van der Waals surface area contributed by atoms with Crippen molar-refractivity contribution in [2.45, 2.75) is 82.0 Å². The van der Waals surface area contributed by atoms with Gasteiger partial charge in [0.2, 0.25) is 6.33 Å². The Bertz CT molecular complexity index is 1050. The van der Waals surface area contributed by atoms with Crippen LogP contribution in [0.4, 0.5) is 0 Å². The number of imidazole rings is 1. The van der Waals surface area contributed by atoms with E-state index in [2.05, 4.69) is 0 Å². The standard InChI is InChI=1S/C23H37B2N3O10P/c1-3-16-18(12-21(25)35-16)38-39(31,33-9-4-5-26)34-14-19-17(11-20(24)36-19)37-23(30)13-22(29)32-10-8-28-7-6-27(2)15-28/h6-7,15-21H,3-4,8-14,24-25H2,1-2H3/q+1/t16-,17-,18-,19-,20-,21-,39?/m1/s1. The van der Waals surface area contributed by atoms with Crippen molar-refractivity contribution in [2.24, 2.45) is 7.05 Å². The van der Waals surface area contributed by atoms with Gasteiger partial charge in [-0.3, -0.25) is 23.2 Å². The van der Waals surface area contributed by atoms with E-state index in [1.54, 1.807) is 7.85 Å². The molecule has 0 bridgehead atoms. The number of aryl methyl sites for hydroxylation is 1. The fraction of sp³-hybridized carbons (Fsp3) is 0.739. The molecule has 0 spiro atoms. The van der Waals surface area contributed by atoms with Gasteiger partial charge in [-0.2, -0.15) is 5.26 Å². The maximum absolute atomic E-state index is 13.5. The van der Waals surface area contributed by atoms with Crippen LogP contribution in [0, 0.1) is 11.3 Å². The Balaban J connectivity index is 1.50. The topological polar surface area (TPSA) is 148 Å². The van der Waals surface area contributed by atoms with Gasteiger partial charge < -0.3 is 18.9 Å². The van der Waals surface area contributed by atoms with Crippen molar-refractivity contribution < 1.29 is 51.2 Å². The van der Waals surface area contributed by atoms with E-state index in [4.69, 9.17) is 37.8 Å². The van der Waals surface area contributed by atoms with Crippen LogP contribution in [0.1, 0.15) is 39.0 Å². The van der Waals surface area contributed by atoms with Crippen molar-refractivity contribution >= 4 is 35.5 Å². The number of rotatable bonds is 15. The summed E-state index contributed by atoms with van der Waals surface area (Å²) in [6.07, 6.45) is 4.29. The van der Waals surface area contributed by atoms with Crippen molar-refractivity contribution in [2.75, 3.05) is 19.8 Å². The Labute approximate surface area is 230 Å². The summed E-state index contributed by atoms with van der Waals surface area (Å²) >= 11 is 0. The Morgan fingerprint density at radius 1 is 1.13 bits per heavy atom. The molecule has 3 rings (SSSR count). The minimum absolute atomic E-state index is 0.00280. The fourth-order valence-corrected chi connectivity index (χ4v) is 5.89. The first-order chi connectivity index (χ1) is 18.6. The highest BCUT2D eigenvalue weighted by Crippen LogP contribution is 2.53. The number of aromatic nitrogens is 2. The van der Waals surface area contributed by atoms with E-state index >= 15 is 0 Å². The molecule has 1 aromatic heterocycles. The molecule has 3 heterocycles. The van der Waals surface area contributed by atoms with E-state index in [0.29, 0.717) is 25.8 Å². The highest BCUT2D eigenvalue weighted by atomic mass is 31.2.